The number of benzene rings is 2. The molecule has 0 radical (unpaired) electrons. The van der Waals surface area contributed by atoms with E-state index in [-0.39, 0.29) is 5.82 Å². The van der Waals surface area contributed by atoms with E-state index in [2.05, 4.69) is 9.97 Å². The summed E-state index contributed by atoms with van der Waals surface area (Å²) in [5.41, 5.74) is 2.95. The van der Waals surface area contributed by atoms with Crippen molar-refractivity contribution in [3.63, 3.8) is 0 Å². The molecule has 2 N–H and O–H groups in total. The van der Waals surface area contributed by atoms with Crippen molar-refractivity contribution in [3.8, 4) is 22.5 Å². The van der Waals surface area contributed by atoms with Crippen LogP contribution in [-0.2, 0) is 0 Å². The molecule has 0 amide bonds. The third-order valence-corrected chi connectivity index (χ3v) is 3.14. The highest BCUT2D eigenvalue weighted by molar-refractivity contribution is 7.71. The van der Waals surface area contributed by atoms with E-state index in [0.29, 0.717) is 16.0 Å². The Morgan fingerprint density at radius 1 is 0.789 bits per heavy atom. The lowest BCUT2D eigenvalue weighted by Gasteiger charge is -2.04. The van der Waals surface area contributed by atoms with E-state index in [1.165, 1.54) is 6.07 Å². The maximum absolute atomic E-state index is 13.9. The Kier molecular flexibility index (Phi) is 3.01. The molecule has 0 aliphatic heterocycles. The fourth-order valence-electron chi connectivity index (χ4n) is 2.07. The van der Waals surface area contributed by atoms with Gasteiger partial charge in [0.05, 0.1) is 11.4 Å². The summed E-state index contributed by atoms with van der Waals surface area (Å²) < 4.78 is 14.4. The van der Waals surface area contributed by atoms with Gasteiger partial charge in [0.25, 0.3) is 0 Å². The van der Waals surface area contributed by atoms with Gasteiger partial charge in [0.1, 0.15) is 5.82 Å². The summed E-state index contributed by atoms with van der Waals surface area (Å²) in [4.78, 5) is 6.10. The molecule has 0 saturated carbocycles. The van der Waals surface area contributed by atoms with Crippen LogP contribution < -0.4 is 0 Å². The summed E-state index contributed by atoms with van der Waals surface area (Å²) in [6.45, 7) is 0. The molecule has 0 bridgehead atoms. The van der Waals surface area contributed by atoms with Gasteiger partial charge in [-0.15, -0.1) is 0 Å². The van der Waals surface area contributed by atoms with Crippen molar-refractivity contribution in [2.24, 2.45) is 0 Å². The minimum absolute atomic E-state index is 0.273. The van der Waals surface area contributed by atoms with Crippen LogP contribution in [0.5, 0.6) is 0 Å². The zero-order valence-corrected chi connectivity index (χ0v) is 10.8. The summed E-state index contributed by atoms with van der Waals surface area (Å²) >= 11 is 5.13. The highest BCUT2D eigenvalue weighted by atomic mass is 32.1. The van der Waals surface area contributed by atoms with Crippen LogP contribution in [0.15, 0.2) is 54.6 Å². The predicted octanol–water partition coefficient (Wildman–Crippen LogP) is 4.55. The molecule has 0 fully saturated rings. The van der Waals surface area contributed by atoms with Crippen LogP contribution in [0.25, 0.3) is 22.5 Å². The third kappa shape index (κ3) is 2.22. The third-order valence-electron chi connectivity index (χ3n) is 2.93. The van der Waals surface area contributed by atoms with E-state index in [9.17, 15) is 4.39 Å². The van der Waals surface area contributed by atoms with Crippen LogP contribution in [0.4, 0.5) is 4.39 Å². The normalized spacial score (nSPS) is 10.6. The zero-order chi connectivity index (χ0) is 13.2. The maximum atomic E-state index is 13.9. The topological polar surface area (TPSA) is 31.6 Å². The van der Waals surface area contributed by atoms with Gasteiger partial charge < -0.3 is 9.97 Å². The summed E-state index contributed by atoms with van der Waals surface area (Å²) in [6, 6.07) is 16.4. The number of aromatic amines is 2. The first-order chi connectivity index (χ1) is 9.25. The average Bonchev–Trinajstić information content (AvgIpc) is 2.82. The van der Waals surface area contributed by atoms with Crippen molar-refractivity contribution in [1.82, 2.24) is 9.97 Å². The second-order valence-corrected chi connectivity index (χ2v) is 4.58. The Labute approximate surface area is 114 Å². The first-order valence-electron chi connectivity index (χ1n) is 5.88. The highest BCUT2D eigenvalue weighted by Crippen LogP contribution is 2.30. The van der Waals surface area contributed by atoms with Gasteiger partial charge in [-0.25, -0.2) is 4.39 Å². The van der Waals surface area contributed by atoms with Crippen molar-refractivity contribution in [1.29, 1.82) is 0 Å². The Bertz CT molecular complexity index is 759. The van der Waals surface area contributed by atoms with Crippen LogP contribution in [0.3, 0.4) is 0 Å². The van der Waals surface area contributed by atoms with Gasteiger partial charge in [0, 0.05) is 11.1 Å². The number of aromatic nitrogens is 2. The molecule has 2 nitrogen and oxygen atoms in total. The monoisotopic (exact) mass is 270 g/mol. The number of H-pyrrole nitrogens is 2. The fourth-order valence-corrected chi connectivity index (χ4v) is 2.27. The molecule has 2 aromatic carbocycles. The first kappa shape index (κ1) is 11.9. The maximum Gasteiger partial charge on any atom is 0.175 e. The molecule has 0 unspecified atom stereocenters. The zero-order valence-electron chi connectivity index (χ0n) is 9.98. The van der Waals surface area contributed by atoms with Crippen LogP contribution in [0.1, 0.15) is 0 Å². The average molecular weight is 270 g/mol. The Morgan fingerprint density at radius 3 is 2.16 bits per heavy atom. The standard InChI is InChI=1S/C15H11FN2S/c16-12-9-5-4-8-11(12)14-13(17-15(19)18-14)10-6-2-1-3-7-10/h1-9H,(H2,17,18,19). The van der Waals surface area contributed by atoms with Gasteiger partial charge in [0.2, 0.25) is 0 Å². The van der Waals surface area contributed by atoms with Crippen molar-refractivity contribution in [2.45, 2.75) is 0 Å². The Hall–Kier alpha value is -2.20. The number of nitrogens with one attached hydrogen (secondary N) is 2. The number of halogens is 1. The minimum Gasteiger partial charge on any atom is -0.330 e. The molecule has 1 aromatic heterocycles. The smallest absolute Gasteiger partial charge is 0.175 e. The highest BCUT2D eigenvalue weighted by Gasteiger charge is 2.13. The molecule has 3 aromatic rings. The summed E-state index contributed by atoms with van der Waals surface area (Å²) in [5.74, 6) is -0.273. The molecule has 0 aliphatic rings. The minimum atomic E-state index is -0.273. The van der Waals surface area contributed by atoms with Crippen LogP contribution in [0, 0.1) is 10.6 Å². The molecule has 0 saturated heterocycles. The van der Waals surface area contributed by atoms with Crippen LogP contribution >= 0.6 is 12.2 Å². The molecular formula is C15H11FN2S. The van der Waals surface area contributed by atoms with Crippen molar-refractivity contribution in [3.05, 3.63) is 65.2 Å². The van der Waals surface area contributed by atoms with E-state index < -0.39 is 0 Å². The van der Waals surface area contributed by atoms with Crippen molar-refractivity contribution >= 4 is 12.2 Å². The van der Waals surface area contributed by atoms with E-state index in [1.54, 1.807) is 18.2 Å². The largest absolute Gasteiger partial charge is 0.330 e. The van der Waals surface area contributed by atoms with Crippen molar-refractivity contribution < 1.29 is 4.39 Å². The molecule has 0 aliphatic carbocycles. The second kappa shape index (κ2) is 4.82. The quantitative estimate of drug-likeness (QED) is 0.658. The summed E-state index contributed by atoms with van der Waals surface area (Å²) in [6.07, 6.45) is 0. The molecule has 0 atom stereocenters. The molecule has 94 valence electrons. The number of imidazole rings is 1. The molecule has 0 spiro atoms. The summed E-state index contributed by atoms with van der Waals surface area (Å²) in [5, 5.41) is 0. The SMILES string of the molecule is Fc1ccccc1-c1[nH]c(=S)[nH]c1-c1ccccc1. The molecule has 3 rings (SSSR count). The number of rotatable bonds is 2. The lowest BCUT2D eigenvalue weighted by molar-refractivity contribution is 0.631. The van der Waals surface area contributed by atoms with Crippen molar-refractivity contribution in [2.75, 3.05) is 0 Å². The lowest BCUT2D eigenvalue weighted by Crippen LogP contribution is -1.87. The second-order valence-electron chi connectivity index (χ2n) is 4.17. The van der Waals surface area contributed by atoms with E-state index >= 15 is 0 Å². The summed E-state index contributed by atoms with van der Waals surface area (Å²) in [7, 11) is 0. The molecule has 19 heavy (non-hydrogen) atoms. The van der Waals surface area contributed by atoms with Crippen LogP contribution in [0.2, 0.25) is 0 Å². The molecular weight excluding hydrogens is 259 g/mol. The van der Waals surface area contributed by atoms with E-state index in [4.69, 9.17) is 12.2 Å². The molecule has 1 heterocycles. The van der Waals surface area contributed by atoms with Crippen LogP contribution in [-0.4, -0.2) is 9.97 Å². The first-order valence-corrected chi connectivity index (χ1v) is 6.29. The predicted molar refractivity (Wildman–Crippen MR) is 76.8 cm³/mol. The van der Waals surface area contributed by atoms with Gasteiger partial charge in [-0.2, -0.15) is 0 Å². The molecule has 4 heteroatoms. The van der Waals surface area contributed by atoms with Gasteiger partial charge in [-0.1, -0.05) is 42.5 Å². The van der Waals surface area contributed by atoms with Gasteiger partial charge in [-0.05, 0) is 24.4 Å². The Balaban J connectivity index is 2.24. The Morgan fingerprint density at radius 2 is 1.42 bits per heavy atom. The van der Waals surface area contributed by atoms with Gasteiger partial charge in [-0.3, -0.25) is 0 Å². The number of hydrogen-bond acceptors (Lipinski definition) is 1. The van der Waals surface area contributed by atoms with E-state index in [0.717, 1.165) is 11.3 Å². The van der Waals surface area contributed by atoms with Gasteiger partial charge in [0.15, 0.2) is 4.77 Å². The lowest BCUT2D eigenvalue weighted by atomic mass is 10.0. The van der Waals surface area contributed by atoms with E-state index in [1.807, 2.05) is 30.3 Å². The van der Waals surface area contributed by atoms with Gasteiger partial charge >= 0.3 is 0 Å². The number of hydrogen-bond donors (Lipinski definition) is 2. The fraction of sp³-hybridized carbons (Fsp3) is 0.